The normalized spacial score (nSPS) is 12.8. The van der Waals surface area contributed by atoms with Gasteiger partial charge in [-0.15, -0.1) is 0 Å². The summed E-state index contributed by atoms with van der Waals surface area (Å²) in [7, 11) is 0. The van der Waals surface area contributed by atoms with Crippen molar-refractivity contribution in [2.75, 3.05) is 13.2 Å². The van der Waals surface area contributed by atoms with E-state index in [-0.39, 0.29) is 12.0 Å². The fourth-order valence-electron chi connectivity index (χ4n) is 4.30. The maximum Gasteiger partial charge on any atom is 0.407 e. The highest BCUT2D eigenvalue weighted by atomic mass is 16.5. The van der Waals surface area contributed by atoms with Crippen LogP contribution in [0.5, 0.6) is 0 Å². The fraction of sp³-hybridized carbons (Fsp3) is 0.148. The first-order valence-electron chi connectivity index (χ1n) is 10.6. The second-order valence-corrected chi connectivity index (χ2v) is 7.77. The summed E-state index contributed by atoms with van der Waals surface area (Å²) in [6.07, 6.45) is 6.44. The van der Waals surface area contributed by atoms with E-state index in [1.807, 2.05) is 18.3 Å². The van der Waals surface area contributed by atoms with E-state index in [2.05, 4.69) is 83.1 Å². The van der Waals surface area contributed by atoms with E-state index in [0.717, 1.165) is 17.5 Å². The van der Waals surface area contributed by atoms with Crippen molar-refractivity contribution in [3.8, 4) is 11.1 Å². The molecule has 5 rings (SSSR count). The van der Waals surface area contributed by atoms with Crippen LogP contribution >= 0.6 is 0 Å². The number of fused-ring (bicyclic) bond motifs is 4. The van der Waals surface area contributed by atoms with Crippen LogP contribution in [-0.2, 0) is 4.74 Å². The van der Waals surface area contributed by atoms with E-state index in [1.54, 1.807) is 0 Å². The summed E-state index contributed by atoms with van der Waals surface area (Å²) >= 11 is 0. The number of H-pyrrole nitrogens is 1. The van der Waals surface area contributed by atoms with Gasteiger partial charge >= 0.3 is 6.09 Å². The minimum atomic E-state index is -0.372. The minimum Gasteiger partial charge on any atom is -0.449 e. The Balaban J connectivity index is 1.12. The van der Waals surface area contributed by atoms with Crippen LogP contribution in [0, 0.1) is 0 Å². The molecule has 4 heteroatoms. The Morgan fingerprint density at radius 1 is 0.968 bits per heavy atom. The van der Waals surface area contributed by atoms with Crippen LogP contribution in [0.2, 0.25) is 0 Å². The first kappa shape index (κ1) is 19.2. The molecular formula is C27H24N2O2. The largest absolute Gasteiger partial charge is 0.449 e. The van der Waals surface area contributed by atoms with E-state index in [4.69, 9.17) is 4.74 Å². The third-order valence-electron chi connectivity index (χ3n) is 5.81. The first-order chi connectivity index (χ1) is 15.3. The van der Waals surface area contributed by atoms with Crippen LogP contribution in [0.15, 0.2) is 85.1 Å². The molecule has 1 heterocycles. The van der Waals surface area contributed by atoms with Gasteiger partial charge in [0.15, 0.2) is 0 Å². The smallest absolute Gasteiger partial charge is 0.407 e. The number of amides is 1. The van der Waals surface area contributed by atoms with E-state index < -0.39 is 0 Å². The molecule has 154 valence electrons. The third kappa shape index (κ3) is 3.97. The Hall–Kier alpha value is -3.79. The van der Waals surface area contributed by atoms with Crippen LogP contribution in [0.1, 0.15) is 29.0 Å². The topological polar surface area (TPSA) is 54.1 Å². The lowest BCUT2D eigenvalue weighted by atomic mass is 9.98. The second-order valence-electron chi connectivity index (χ2n) is 7.77. The molecule has 0 atom stereocenters. The molecule has 0 fully saturated rings. The van der Waals surface area contributed by atoms with E-state index in [0.29, 0.717) is 13.2 Å². The van der Waals surface area contributed by atoms with Gasteiger partial charge in [-0.3, -0.25) is 0 Å². The molecule has 1 aliphatic rings. The molecule has 0 bridgehead atoms. The molecule has 2 N–H and O–H groups in total. The van der Waals surface area contributed by atoms with Crippen LogP contribution in [0.25, 0.3) is 28.1 Å². The Morgan fingerprint density at radius 3 is 2.48 bits per heavy atom. The maximum absolute atomic E-state index is 12.2. The third-order valence-corrected chi connectivity index (χ3v) is 5.81. The average Bonchev–Trinajstić information content (AvgIpc) is 3.40. The number of carbonyl (C=O) groups excluding carboxylic acids is 1. The zero-order chi connectivity index (χ0) is 21.0. The SMILES string of the molecule is O=C(NCCC=Cc1ccc2cc[nH]c2c1)OCC1c2ccccc2-c2ccccc21. The van der Waals surface area contributed by atoms with Gasteiger partial charge in [0.1, 0.15) is 6.61 Å². The summed E-state index contributed by atoms with van der Waals surface area (Å²) in [5.41, 5.74) is 7.16. The van der Waals surface area contributed by atoms with Crippen molar-refractivity contribution in [1.82, 2.24) is 10.3 Å². The number of alkyl carbamates (subject to hydrolysis) is 1. The molecular weight excluding hydrogens is 384 g/mol. The number of aromatic nitrogens is 1. The maximum atomic E-state index is 12.2. The summed E-state index contributed by atoms with van der Waals surface area (Å²) in [4.78, 5) is 15.4. The van der Waals surface area contributed by atoms with E-state index >= 15 is 0 Å². The van der Waals surface area contributed by atoms with E-state index in [9.17, 15) is 4.79 Å². The number of nitrogens with one attached hydrogen (secondary N) is 2. The molecule has 0 unspecified atom stereocenters. The first-order valence-corrected chi connectivity index (χ1v) is 10.6. The monoisotopic (exact) mass is 408 g/mol. The summed E-state index contributed by atoms with van der Waals surface area (Å²) in [5, 5.41) is 4.05. The molecule has 1 aliphatic carbocycles. The number of rotatable bonds is 6. The molecule has 0 saturated heterocycles. The van der Waals surface area contributed by atoms with Crippen molar-refractivity contribution >= 4 is 23.1 Å². The molecule has 0 radical (unpaired) electrons. The molecule has 0 aliphatic heterocycles. The van der Waals surface area contributed by atoms with Crippen molar-refractivity contribution in [2.45, 2.75) is 12.3 Å². The lowest BCUT2D eigenvalue weighted by Gasteiger charge is -2.14. The average molecular weight is 409 g/mol. The predicted molar refractivity (Wildman–Crippen MR) is 125 cm³/mol. The highest BCUT2D eigenvalue weighted by molar-refractivity contribution is 5.82. The van der Waals surface area contributed by atoms with Gasteiger partial charge in [0.25, 0.3) is 0 Å². The fourth-order valence-corrected chi connectivity index (χ4v) is 4.30. The molecule has 1 aromatic heterocycles. The second kappa shape index (κ2) is 8.52. The van der Waals surface area contributed by atoms with Crippen molar-refractivity contribution in [3.63, 3.8) is 0 Å². The van der Waals surface area contributed by atoms with Crippen molar-refractivity contribution in [2.24, 2.45) is 0 Å². The summed E-state index contributed by atoms with van der Waals surface area (Å²) < 4.78 is 5.57. The van der Waals surface area contributed by atoms with Gasteiger partial charge in [0.2, 0.25) is 0 Å². The van der Waals surface area contributed by atoms with Gasteiger partial charge in [0.05, 0.1) is 0 Å². The van der Waals surface area contributed by atoms with Crippen LogP contribution in [0.4, 0.5) is 4.79 Å². The van der Waals surface area contributed by atoms with Crippen molar-refractivity contribution in [3.05, 3.63) is 102 Å². The molecule has 1 amide bonds. The quantitative estimate of drug-likeness (QED) is 0.378. The Morgan fingerprint density at radius 2 is 1.71 bits per heavy atom. The minimum absolute atomic E-state index is 0.0842. The number of benzene rings is 3. The van der Waals surface area contributed by atoms with Crippen LogP contribution in [0.3, 0.4) is 0 Å². The van der Waals surface area contributed by atoms with Crippen LogP contribution < -0.4 is 5.32 Å². The van der Waals surface area contributed by atoms with Gasteiger partial charge < -0.3 is 15.0 Å². The Kier molecular flexibility index (Phi) is 5.28. The zero-order valence-electron chi connectivity index (χ0n) is 17.2. The highest BCUT2D eigenvalue weighted by Crippen LogP contribution is 2.44. The van der Waals surface area contributed by atoms with Gasteiger partial charge in [-0.1, -0.05) is 72.8 Å². The van der Waals surface area contributed by atoms with Gasteiger partial charge in [0, 0.05) is 24.2 Å². The van der Waals surface area contributed by atoms with E-state index in [1.165, 1.54) is 27.6 Å². The number of ether oxygens (including phenoxy) is 1. The summed E-state index contributed by atoms with van der Waals surface area (Å²) in [6.45, 7) is 0.879. The zero-order valence-corrected chi connectivity index (χ0v) is 17.2. The van der Waals surface area contributed by atoms with Gasteiger partial charge in [-0.25, -0.2) is 4.79 Å². The lowest BCUT2D eigenvalue weighted by Crippen LogP contribution is -2.26. The lowest BCUT2D eigenvalue weighted by molar-refractivity contribution is 0.143. The summed E-state index contributed by atoms with van der Waals surface area (Å²) in [6, 6.07) is 25.0. The molecule has 0 saturated carbocycles. The van der Waals surface area contributed by atoms with Crippen molar-refractivity contribution < 1.29 is 9.53 Å². The van der Waals surface area contributed by atoms with Gasteiger partial charge in [-0.2, -0.15) is 0 Å². The molecule has 4 nitrogen and oxygen atoms in total. The number of aromatic amines is 1. The Labute approximate surface area is 181 Å². The number of hydrogen-bond acceptors (Lipinski definition) is 2. The summed E-state index contributed by atoms with van der Waals surface area (Å²) in [5.74, 6) is 0.0842. The molecule has 31 heavy (non-hydrogen) atoms. The Bertz CT molecular complexity index is 1210. The van der Waals surface area contributed by atoms with Crippen molar-refractivity contribution in [1.29, 1.82) is 0 Å². The molecule has 3 aromatic carbocycles. The van der Waals surface area contributed by atoms with Gasteiger partial charge in [-0.05, 0) is 51.8 Å². The molecule has 4 aromatic rings. The standard InChI is InChI=1S/C27H24N2O2/c30-27(29-15-6-5-7-19-12-13-20-14-16-28-26(20)17-19)31-18-25-23-10-3-1-8-21(23)22-9-2-4-11-24(22)25/h1-5,7-14,16-17,25,28H,6,15,18H2,(H,29,30). The highest BCUT2D eigenvalue weighted by Gasteiger charge is 2.28. The number of hydrogen-bond donors (Lipinski definition) is 2. The molecule has 0 spiro atoms. The number of carbonyl (C=O) groups is 1. The van der Waals surface area contributed by atoms with Crippen LogP contribution in [-0.4, -0.2) is 24.2 Å². The predicted octanol–water partition coefficient (Wildman–Crippen LogP) is 6.11.